The first kappa shape index (κ1) is 5.10. The van der Waals surface area contributed by atoms with E-state index in [-0.39, 0.29) is 0 Å². The third-order valence-corrected chi connectivity index (χ3v) is 2.12. The third kappa shape index (κ3) is 0.766. The van der Waals surface area contributed by atoms with Gasteiger partial charge in [-0.1, -0.05) is 0 Å². The maximum Gasteiger partial charge on any atom is 0.0330 e. The summed E-state index contributed by atoms with van der Waals surface area (Å²) in [6, 6.07) is 5.02. The molecule has 0 bridgehead atoms. The van der Waals surface area contributed by atoms with Crippen molar-refractivity contribution < 1.29 is 0 Å². The van der Waals surface area contributed by atoms with Crippen molar-refractivity contribution in [1.29, 1.82) is 0 Å². The summed E-state index contributed by atoms with van der Waals surface area (Å²) in [7, 11) is 0. The maximum absolute atomic E-state index is 2.31. The molecular formula is C8H11N. The van der Waals surface area contributed by atoms with Crippen molar-refractivity contribution in [2.24, 2.45) is 0 Å². The Morgan fingerprint density at radius 1 is 1.11 bits per heavy atom. The topological polar surface area (TPSA) is 4.93 Å². The fraction of sp³-hybridized carbons (Fsp3) is 0.500. The average Bonchev–Trinajstić information content (AvgIpc) is 2.11. The van der Waals surface area contributed by atoms with Gasteiger partial charge in [0, 0.05) is 18.4 Å². The minimum absolute atomic E-state index is 0.833. The fourth-order valence-corrected chi connectivity index (χ4v) is 1.28. The Balaban J connectivity index is 2.14. The van der Waals surface area contributed by atoms with Crippen molar-refractivity contribution in [3.05, 3.63) is 24.5 Å². The molecular weight excluding hydrogens is 110 g/mol. The van der Waals surface area contributed by atoms with E-state index < -0.39 is 0 Å². The molecule has 1 aliphatic carbocycles. The van der Waals surface area contributed by atoms with Crippen LogP contribution in [0.1, 0.15) is 25.3 Å². The fourth-order valence-electron chi connectivity index (χ4n) is 1.28. The standard InChI is InChI=1S/C8H11N/c1-2-7-9(6-1)8-4-3-5-8/h1-2,6-8H,3-5H2. The molecule has 0 spiro atoms. The van der Waals surface area contributed by atoms with Crippen LogP contribution in [0, 0.1) is 0 Å². The highest BCUT2D eigenvalue weighted by Crippen LogP contribution is 2.30. The Hall–Kier alpha value is -0.720. The molecule has 1 aromatic heterocycles. The van der Waals surface area contributed by atoms with E-state index >= 15 is 0 Å². The molecule has 9 heavy (non-hydrogen) atoms. The van der Waals surface area contributed by atoms with Gasteiger partial charge in [0.25, 0.3) is 0 Å². The van der Waals surface area contributed by atoms with Crippen LogP contribution in [0.25, 0.3) is 0 Å². The second-order valence-corrected chi connectivity index (χ2v) is 2.71. The van der Waals surface area contributed by atoms with E-state index in [0.29, 0.717) is 0 Å². The van der Waals surface area contributed by atoms with Gasteiger partial charge < -0.3 is 4.57 Å². The van der Waals surface area contributed by atoms with Crippen LogP contribution in [0.5, 0.6) is 0 Å². The molecule has 1 heteroatoms. The van der Waals surface area contributed by atoms with Crippen molar-refractivity contribution in [2.75, 3.05) is 0 Å². The Morgan fingerprint density at radius 3 is 2.22 bits per heavy atom. The van der Waals surface area contributed by atoms with Crippen LogP contribution in [-0.2, 0) is 0 Å². The van der Waals surface area contributed by atoms with E-state index in [0.717, 1.165) is 6.04 Å². The summed E-state index contributed by atoms with van der Waals surface area (Å²) >= 11 is 0. The average molecular weight is 121 g/mol. The summed E-state index contributed by atoms with van der Waals surface area (Å²) in [6.45, 7) is 0. The summed E-state index contributed by atoms with van der Waals surface area (Å²) < 4.78 is 2.31. The first-order valence-electron chi connectivity index (χ1n) is 3.59. The van der Waals surface area contributed by atoms with Crippen LogP contribution < -0.4 is 0 Å². The van der Waals surface area contributed by atoms with Gasteiger partial charge in [-0.3, -0.25) is 0 Å². The zero-order valence-electron chi connectivity index (χ0n) is 5.46. The molecule has 0 aromatic carbocycles. The summed E-state index contributed by atoms with van der Waals surface area (Å²) in [4.78, 5) is 0. The Labute approximate surface area is 55.3 Å². The smallest absolute Gasteiger partial charge is 0.0330 e. The van der Waals surface area contributed by atoms with Gasteiger partial charge in [-0.15, -0.1) is 0 Å². The lowest BCUT2D eigenvalue weighted by Crippen LogP contribution is -2.14. The van der Waals surface area contributed by atoms with E-state index in [9.17, 15) is 0 Å². The van der Waals surface area contributed by atoms with Gasteiger partial charge >= 0.3 is 0 Å². The normalized spacial score (nSPS) is 19.6. The molecule has 0 unspecified atom stereocenters. The zero-order chi connectivity index (χ0) is 6.10. The Morgan fingerprint density at radius 2 is 1.78 bits per heavy atom. The predicted octanol–water partition coefficient (Wildman–Crippen LogP) is 2.21. The van der Waals surface area contributed by atoms with Crippen LogP contribution in [0.2, 0.25) is 0 Å². The van der Waals surface area contributed by atoms with Crippen LogP contribution in [-0.4, -0.2) is 4.57 Å². The predicted molar refractivity (Wildman–Crippen MR) is 37.3 cm³/mol. The molecule has 0 radical (unpaired) electrons. The van der Waals surface area contributed by atoms with Crippen molar-refractivity contribution in [2.45, 2.75) is 25.3 Å². The van der Waals surface area contributed by atoms with Gasteiger partial charge in [-0.2, -0.15) is 0 Å². The number of hydrogen-bond donors (Lipinski definition) is 0. The van der Waals surface area contributed by atoms with E-state index in [4.69, 9.17) is 0 Å². The molecule has 1 aromatic rings. The molecule has 1 nitrogen and oxygen atoms in total. The second kappa shape index (κ2) is 1.90. The molecule has 0 saturated heterocycles. The lowest BCUT2D eigenvalue weighted by atomic mass is 9.93. The summed E-state index contributed by atoms with van der Waals surface area (Å²) in [5, 5.41) is 0. The van der Waals surface area contributed by atoms with Crippen LogP contribution in [0.15, 0.2) is 24.5 Å². The Kier molecular flexibility index (Phi) is 1.08. The quantitative estimate of drug-likeness (QED) is 0.537. The van der Waals surface area contributed by atoms with Gasteiger partial charge in [0.2, 0.25) is 0 Å². The molecule has 0 N–H and O–H groups in total. The van der Waals surface area contributed by atoms with Crippen molar-refractivity contribution in [3.8, 4) is 0 Å². The number of hydrogen-bond acceptors (Lipinski definition) is 0. The molecule has 1 saturated carbocycles. The maximum atomic E-state index is 2.31. The highest BCUT2D eigenvalue weighted by Gasteiger charge is 2.17. The SMILES string of the molecule is c1ccn(C2CCC2)c1. The van der Waals surface area contributed by atoms with Gasteiger partial charge in [-0.05, 0) is 31.4 Å². The van der Waals surface area contributed by atoms with E-state index in [1.165, 1.54) is 19.3 Å². The van der Waals surface area contributed by atoms with Gasteiger partial charge in [0.15, 0.2) is 0 Å². The van der Waals surface area contributed by atoms with Gasteiger partial charge in [0.05, 0.1) is 0 Å². The highest BCUT2D eigenvalue weighted by atomic mass is 15.0. The molecule has 1 fully saturated rings. The zero-order valence-corrected chi connectivity index (χ0v) is 5.46. The van der Waals surface area contributed by atoms with Crippen molar-refractivity contribution in [1.82, 2.24) is 4.57 Å². The molecule has 0 amide bonds. The van der Waals surface area contributed by atoms with Crippen molar-refractivity contribution in [3.63, 3.8) is 0 Å². The van der Waals surface area contributed by atoms with Crippen LogP contribution >= 0.6 is 0 Å². The lowest BCUT2D eigenvalue weighted by Gasteiger charge is -2.26. The first-order chi connectivity index (χ1) is 4.47. The van der Waals surface area contributed by atoms with Gasteiger partial charge in [-0.25, -0.2) is 0 Å². The van der Waals surface area contributed by atoms with Crippen LogP contribution in [0.3, 0.4) is 0 Å². The highest BCUT2D eigenvalue weighted by molar-refractivity contribution is 4.94. The molecule has 2 rings (SSSR count). The van der Waals surface area contributed by atoms with Gasteiger partial charge in [0.1, 0.15) is 0 Å². The number of rotatable bonds is 1. The molecule has 0 aliphatic heterocycles. The molecule has 0 atom stereocenters. The first-order valence-corrected chi connectivity index (χ1v) is 3.59. The number of nitrogens with zero attached hydrogens (tertiary/aromatic N) is 1. The molecule has 1 heterocycles. The minimum Gasteiger partial charge on any atom is -0.351 e. The summed E-state index contributed by atoms with van der Waals surface area (Å²) in [5.74, 6) is 0. The lowest BCUT2D eigenvalue weighted by molar-refractivity contribution is 0.314. The third-order valence-electron chi connectivity index (χ3n) is 2.12. The van der Waals surface area contributed by atoms with E-state index in [1.807, 2.05) is 0 Å². The Bertz CT molecular complexity index is 172. The minimum atomic E-state index is 0.833. The van der Waals surface area contributed by atoms with Crippen LogP contribution in [0.4, 0.5) is 0 Å². The largest absolute Gasteiger partial charge is 0.351 e. The number of aromatic nitrogens is 1. The van der Waals surface area contributed by atoms with E-state index in [2.05, 4.69) is 29.1 Å². The monoisotopic (exact) mass is 121 g/mol. The summed E-state index contributed by atoms with van der Waals surface area (Å²) in [5.41, 5.74) is 0. The molecule has 48 valence electrons. The second-order valence-electron chi connectivity index (χ2n) is 2.71. The van der Waals surface area contributed by atoms with Crippen molar-refractivity contribution >= 4 is 0 Å². The van der Waals surface area contributed by atoms with E-state index in [1.54, 1.807) is 0 Å². The summed E-state index contributed by atoms with van der Waals surface area (Å²) in [6.07, 6.45) is 8.50. The molecule has 1 aliphatic rings.